The van der Waals surface area contributed by atoms with E-state index in [0.717, 1.165) is 17.8 Å². The zero-order valence-corrected chi connectivity index (χ0v) is 8.08. The first-order valence-corrected chi connectivity index (χ1v) is 4.47. The van der Waals surface area contributed by atoms with E-state index in [-0.39, 0.29) is 6.42 Å². The summed E-state index contributed by atoms with van der Waals surface area (Å²) in [6.45, 7) is 2.77. The monoisotopic (exact) mass is 194 g/mol. The van der Waals surface area contributed by atoms with Crippen molar-refractivity contribution in [3.8, 4) is 0 Å². The van der Waals surface area contributed by atoms with Crippen LogP contribution in [0.25, 0.3) is 0 Å². The third kappa shape index (κ3) is 2.65. The van der Waals surface area contributed by atoms with Gasteiger partial charge in [-0.2, -0.15) is 0 Å². The van der Waals surface area contributed by atoms with Crippen LogP contribution in [0.1, 0.15) is 12.5 Å². The number of benzene rings is 1. The molecule has 0 aromatic heterocycles. The van der Waals surface area contributed by atoms with Gasteiger partial charge < -0.3 is 16.2 Å². The van der Waals surface area contributed by atoms with Crippen LogP contribution in [0.2, 0.25) is 0 Å². The third-order valence-corrected chi connectivity index (χ3v) is 1.84. The van der Waals surface area contributed by atoms with Crippen LogP contribution in [0.15, 0.2) is 18.2 Å². The van der Waals surface area contributed by atoms with Crippen molar-refractivity contribution in [3.63, 3.8) is 0 Å². The predicted octanol–water partition coefficient (Wildman–Crippen LogP) is 1.33. The quantitative estimate of drug-likeness (QED) is 0.632. The maximum Gasteiger partial charge on any atom is 0.307 e. The first kappa shape index (κ1) is 10.4. The molecule has 0 heterocycles. The van der Waals surface area contributed by atoms with Crippen molar-refractivity contribution in [2.24, 2.45) is 0 Å². The molecule has 4 heteroatoms. The maximum atomic E-state index is 10.4. The summed E-state index contributed by atoms with van der Waals surface area (Å²) in [5.74, 6) is -0.847. The molecule has 0 atom stereocenters. The molecule has 14 heavy (non-hydrogen) atoms. The van der Waals surface area contributed by atoms with Gasteiger partial charge >= 0.3 is 5.97 Å². The summed E-state index contributed by atoms with van der Waals surface area (Å²) in [6.07, 6.45) is 0.0105. The molecule has 1 aromatic carbocycles. The van der Waals surface area contributed by atoms with Crippen LogP contribution in [0.4, 0.5) is 11.4 Å². The Balaban J connectivity index is 2.83. The molecule has 4 N–H and O–H groups in total. The molecule has 0 aliphatic heterocycles. The van der Waals surface area contributed by atoms with Crippen LogP contribution in [0.5, 0.6) is 0 Å². The van der Waals surface area contributed by atoms with Gasteiger partial charge in [0.2, 0.25) is 0 Å². The lowest BCUT2D eigenvalue weighted by molar-refractivity contribution is -0.136. The molecule has 0 saturated heterocycles. The van der Waals surface area contributed by atoms with Gasteiger partial charge in [-0.15, -0.1) is 0 Å². The summed E-state index contributed by atoms with van der Waals surface area (Å²) in [5, 5.41) is 11.7. The summed E-state index contributed by atoms with van der Waals surface area (Å²) in [4.78, 5) is 10.4. The van der Waals surface area contributed by atoms with Crippen molar-refractivity contribution in [2.45, 2.75) is 13.3 Å². The Bertz CT molecular complexity index is 337. The number of hydrogen-bond acceptors (Lipinski definition) is 3. The van der Waals surface area contributed by atoms with Crippen LogP contribution < -0.4 is 11.1 Å². The third-order valence-electron chi connectivity index (χ3n) is 1.84. The van der Waals surface area contributed by atoms with Gasteiger partial charge in [0.25, 0.3) is 0 Å². The van der Waals surface area contributed by atoms with Crippen molar-refractivity contribution in [3.05, 3.63) is 23.8 Å². The number of carboxylic acid groups (broad SMARTS) is 1. The van der Waals surface area contributed by atoms with E-state index in [2.05, 4.69) is 5.32 Å². The molecule has 0 unspecified atom stereocenters. The number of aliphatic carboxylic acids is 1. The SMILES string of the molecule is CCNc1ccc(CC(=O)O)cc1N. The molecule has 0 radical (unpaired) electrons. The van der Waals surface area contributed by atoms with Crippen molar-refractivity contribution in [1.82, 2.24) is 0 Å². The molecular weight excluding hydrogens is 180 g/mol. The average molecular weight is 194 g/mol. The van der Waals surface area contributed by atoms with E-state index in [1.54, 1.807) is 18.2 Å². The van der Waals surface area contributed by atoms with Gasteiger partial charge in [0, 0.05) is 6.54 Å². The van der Waals surface area contributed by atoms with Gasteiger partial charge in [-0.05, 0) is 24.6 Å². The molecule has 4 nitrogen and oxygen atoms in total. The summed E-state index contributed by atoms with van der Waals surface area (Å²) in [7, 11) is 0. The molecule has 0 spiro atoms. The highest BCUT2D eigenvalue weighted by molar-refractivity contribution is 5.73. The Labute approximate surface area is 82.7 Å². The minimum Gasteiger partial charge on any atom is -0.481 e. The van der Waals surface area contributed by atoms with E-state index in [0.29, 0.717) is 5.69 Å². The van der Waals surface area contributed by atoms with Crippen LogP contribution in [-0.2, 0) is 11.2 Å². The van der Waals surface area contributed by atoms with E-state index < -0.39 is 5.97 Å². The van der Waals surface area contributed by atoms with Gasteiger partial charge in [-0.1, -0.05) is 6.07 Å². The average Bonchev–Trinajstić information content (AvgIpc) is 2.09. The van der Waals surface area contributed by atoms with E-state index in [4.69, 9.17) is 10.8 Å². The fraction of sp³-hybridized carbons (Fsp3) is 0.300. The standard InChI is InChI=1S/C10H14N2O2/c1-2-12-9-4-3-7(5-8(9)11)6-10(13)14/h3-5,12H,2,6,11H2,1H3,(H,13,14). The molecule has 0 saturated carbocycles. The van der Waals surface area contributed by atoms with Gasteiger partial charge in [-0.25, -0.2) is 0 Å². The van der Waals surface area contributed by atoms with Crippen molar-refractivity contribution in [2.75, 3.05) is 17.6 Å². The first-order chi connectivity index (χ1) is 6.63. The summed E-state index contributed by atoms with van der Waals surface area (Å²) >= 11 is 0. The highest BCUT2D eigenvalue weighted by atomic mass is 16.4. The number of carbonyl (C=O) groups is 1. The summed E-state index contributed by atoms with van der Waals surface area (Å²) in [6, 6.07) is 5.26. The highest BCUT2D eigenvalue weighted by Crippen LogP contribution is 2.19. The Kier molecular flexibility index (Phi) is 3.34. The lowest BCUT2D eigenvalue weighted by Crippen LogP contribution is -2.04. The predicted molar refractivity (Wildman–Crippen MR) is 56.4 cm³/mol. The molecule has 0 amide bonds. The van der Waals surface area contributed by atoms with Gasteiger partial charge in [-0.3, -0.25) is 4.79 Å². The Hall–Kier alpha value is -1.71. The second-order valence-corrected chi connectivity index (χ2v) is 3.02. The normalized spacial score (nSPS) is 9.79. The Morgan fingerprint density at radius 1 is 1.57 bits per heavy atom. The second kappa shape index (κ2) is 4.50. The van der Waals surface area contributed by atoms with E-state index in [1.807, 2.05) is 6.92 Å². The number of carboxylic acids is 1. The maximum absolute atomic E-state index is 10.4. The van der Waals surface area contributed by atoms with Crippen molar-refractivity contribution in [1.29, 1.82) is 0 Å². The van der Waals surface area contributed by atoms with Crippen LogP contribution in [-0.4, -0.2) is 17.6 Å². The number of nitrogen functional groups attached to an aromatic ring is 1. The fourth-order valence-electron chi connectivity index (χ4n) is 1.25. The second-order valence-electron chi connectivity index (χ2n) is 3.02. The molecule has 0 aliphatic carbocycles. The zero-order valence-electron chi connectivity index (χ0n) is 8.08. The molecule has 1 rings (SSSR count). The largest absolute Gasteiger partial charge is 0.481 e. The minimum atomic E-state index is -0.847. The Morgan fingerprint density at radius 3 is 2.79 bits per heavy atom. The Morgan fingerprint density at radius 2 is 2.29 bits per heavy atom. The number of anilines is 2. The number of nitrogens with one attached hydrogen (secondary N) is 1. The molecule has 1 aromatic rings. The number of hydrogen-bond donors (Lipinski definition) is 3. The summed E-state index contributed by atoms with van der Waals surface area (Å²) in [5.41, 5.74) is 7.88. The first-order valence-electron chi connectivity index (χ1n) is 4.47. The molecule has 0 bridgehead atoms. The minimum absolute atomic E-state index is 0.0105. The molecule has 0 aliphatic rings. The molecule has 0 fully saturated rings. The van der Waals surface area contributed by atoms with Crippen LogP contribution in [0, 0.1) is 0 Å². The topological polar surface area (TPSA) is 75.3 Å². The molecule has 76 valence electrons. The highest BCUT2D eigenvalue weighted by Gasteiger charge is 2.03. The number of rotatable bonds is 4. The van der Waals surface area contributed by atoms with E-state index >= 15 is 0 Å². The fourth-order valence-corrected chi connectivity index (χ4v) is 1.25. The zero-order chi connectivity index (χ0) is 10.6. The van der Waals surface area contributed by atoms with E-state index in [1.165, 1.54) is 0 Å². The van der Waals surface area contributed by atoms with Gasteiger partial charge in [0.15, 0.2) is 0 Å². The van der Waals surface area contributed by atoms with Crippen LogP contribution in [0.3, 0.4) is 0 Å². The lowest BCUT2D eigenvalue weighted by atomic mass is 10.1. The van der Waals surface area contributed by atoms with E-state index in [9.17, 15) is 4.79 Å². The van der Waals surface area contributed by atoms with Crippen molar-refractivity contribution >= 4 is 17.3 Å². The van der Waals surface area contributed by atoms with Gasteiger partial charge in [0.1, 0.15) is 0 Å². The van der Waals surface area contributed by atoms with Crippen LogP contribution >= 0.6 is 0 Å². The lowest BCUT2D eigenvalue weighted by Gasteiger charge is -2.08. The number of nitrogens with two attached hydrogens (primary N) is 1. The summed E-state index contributed by atoms with van der Waals surface area (Å²) < 4.78 is 0. The van der Waals surface area contributed by atoms with Crippen molar-refractivity contribution < 1.29 is 9.90 Å². The molecular formula is C10H14N2O2. The smallest absolute Gasteiger partial charge is 0.307 e. The van der Waals surface area contributed by atoms with Gasteiger partial charge in [0.05, 0.1) is 17.8 Å².